The van der Waals surface area contributed by atoms with E-state index in [0.717, 1.165) is 28.3 Å². The fourth-order valence-electron chi connectivity index (χ4n) is 3.18. The van der Waals surface area contributed by atoms with E-state index in [4.69, 9.17) is 0 Å². The molecule has 0 saturated heterocycles. The molecule has 27 heavy (non-hydrogen) atoms. The van der Waals surface area contributed by atoms with Crippen LogP contribution < -0.4 is 10.6 Å². The molecular formula is C22H26N2O2S. The van der Waals surface area contributed by atoms with Gasteiger partial charge in [0.25, 0.3) is 5.91 Å². The minimum Gasteiger partial charge on any atom is -0.345 e. The molecule has 0 bridgehead atoms. The van der Waals surface area contributed by atoms with Gasteiger partial charge in [-0.25, -0.2) is 0 Å². The van der Waals surface area contributed by atoms with E-state index in [1.807, 2.05) is 12.1 Å². The van der Waals surface area contributed by atoms with E-state index in [0.29, 0.717) is 12.0 Å². The van der Waals surface area contributed by atoms with E-state index in [-0.39, 0.29) is 23.8 Å². The maximum atomic E-state index is 12.9. The number of rotatable bonds is 5. The standard InChI is InChI=1S/C22H26N2O2S/c1-4-15-5-7-16(8-6-15)21(14(2)3)24-22(26)17-9-10-19-18(13-17)23-20(25)11-12-27-19/h5-10,13-14,21H,4,11-12H2,1-3H3,(H,23,25)(H,24,26). The van der Waals surface area contributed by atoms with Gasteiger partial charge in [-0.15, -0.1) is 11.8 Å². The molecule has 4 nitrogen and oxygen atoms in total. The van der Waals surface area contributed by atoms with Crippen molar-refractivity contribution in [3.05, 3.63) is 59.2 Å². The van der Waals surface area contributed by atoms with Crippen LogP contribution in [0.1, 0.15) is 54.7 Å². The summed E-state index contributed by atoms with van der Waals surface area (Å²) in [6, 6.07) is 13.9. The number of carbonyl (C=O) groups is 2. The molecule has 2 aromatic carbocycles. The Morgan fingerprint density at radius 2 is 1.93 bits per heavy atom. The van der Waals surface area contributed by atoms with Gasteiger partial charge >= 0.3 is 0 Å². The van der Waals surface area contributed by atoms with E-state index in [1.54, 1.807) is 17.8 Å². The predicted molar refractivity (Wildman–Crippen MR) is 111 cm³/mol. The van der Waals surface area contributed by atoms with Crippen LogP contribution in [0.15, 0.2) is 47.4 Å². The molecule has 0 aliphatic carbocycles. The van der Waals surface area contributed by atoms with Crippen LogP contribution in [0.3, 0.4) is 0 Å². The maximum absolute atomic E-state index is 12.9. The van der Waals surface area contributed by atoms with Gasteiger partial charge in [-0.1, -0.05) is 45.0 Å². The molecule has 0 saturated carbocycles. The Morgan fingerprint density at radius 1 is 1.19 bits per heavy atom. The molecule has 2 N–H and O–H groups in total. The average Bonchev–Trinajstić information content (AvgIpc) is 2.85. The van der Waals surface area contributed by atoms with Crippen molar-refractivity contribution in [3.8, 4) is 0 Å². The zero-order valence-corrected chi connectivity index (χ0v) is 16.9. The first-order valence-corrected chi connectivity index (χ1v) is 10.4. The molecule has 0 spiro atoms. The highest BCUT2D eigenvalue weighted by Gasteiger charge is 2.21. The lowest BCUT2D eigenvalue weighted by molar-refractivity contribution is -0.115. The predicted octanol–water partition coefficient (Wildman–Crippen LogP) is 4.81. The van der Waals surface area contributed by atoms with Crippen LogP contribution in [0, 0.1) is 5.92 Å². The van der Waals surface area contributed by atoms with E-state index >= 15 is 0 Å². The first kappa shape index (κ1) is 19.5. The highest BCUT2D eigenvalue weighted by molar-refractivity contribution is 7.99. The molecule has 3 rings (SSSR count). The first-order chi connectivity index (χ1) is 13.0. The molecule has 1 unspecified atom stereocenters. The van der Waals surface area contributed by atoms with Crippen molar-refractivity contribution < 1.29 is 9.59 Å². The van der Waals surface area contributed by atoms with Crippen LogP contribution >= 0.6 is 11.8 Å². The number of hydrogen-bond donors (Lipinski definition) is 2. The number of fused-ring (bicyclic) bond motifs is 1. The molecule has 1 atom stereocenters. The summed E-state index contributed by atoms with van der Waals surface area (Å²) in [5, 5.41) is 6.06. The van der Waals surface area contributed by atoms with Crippen molar-refractivity contribution in [2.45, 2.75) is 44.6 Å². The smallest absolute Gasteiger partial charge is 0.251 e. The Hall–Kier alpha value is -2.27. The molecular weight excluding hydrogens is 356 g/mol. The Balaban J connectivity index is 1.80. The highest BCUT2D eigenvalue weighted by atomic mass is 32.2. The second-order valence-corrected chi connectivity index (χ2v) is 8.28. The third-order valence-electron chi connectivity index (χ3n) is 4.80. The summed E-state index contributed by atoms with van der Waals surface area (Å²) in [6.07, 6.45) is 1.49. The Bertz CT molecular complexity index is 831. The van der Waals surface area contributed by atoms with E-state index < -0.39 is 0 Å². The van der Waals surface area contributed by atoms with Crippen molar-refractivity contribution in [3.63, 3.8) is 0 Å². The summed E-state index contributed by atoms with van der Waals surface area (Å²) in [4.78, 5) is 25.7. The quantitative estimate of drug-likeness (QED) is 0.780. The fraction of sp³-hybridized carbons (Fsp3) is 0.364. The molecule has 0 aromatic heterocycles. The molecule has 0 fully saturated rings. The van der Waals surface area contributed by atoms with Gasteiger partial charge in [0.05, 0.1) is 11.7 Å². The Labute approximate surface area is 165 Å². The largest absolute Gasteiger partial charge is 0.345 e. The molecule has 1 aliphatic heterocycles. The molecule has 2 amide bonds. The summed E-state index contributed by atoms with van der Waals surface area (Å²) in [6.45, 7) is 6.34. The fourth-order valence-corrected chi connectivity index (χ4v) is 4.12. The number of nitrogens with one attached hydrogen (secondary N) is 2. The van der Waals surface area contributed by atoms with Crippen molar-refractivity contribution >= 4 is 29.3 Å². The van der Waals surface area contributed by atoms with Crippen LogP contribution in [0.4, 0.5) is 5.69 Å². The number of aryl methyl sites for hydroxylation is 1. The second-order valence-electron chi connectivity index (χ2n) is 7.15. The molecule has 1 aliphatic rings. The van der Waals surface area contributed by atoms with Gasteiger partial charge in [0.2, 0.25) is 5.91 Å². The minimum absolute atomic E-state index is 0.00474. The Kier molecular flexibility index (Phi) is 6.22. The number of benzene rings is 2. The number of amides is 2. The number of anilines is 1. The zero-order chi connectivity index (χ0) is 19.4. The minimum atomic E-state index is -0.125. The van der Waals surface area contributed by atoms with Gasteiger partial charge in [-0.3, -0.25) is 9.59 Å². The van der Waals surface area contributed by atoms with Crippen LogP contribution in [0.2, 0.25) is 0 Å². The number of hydrogen-bond acceptors (Lipinski definition) is 3. The second kappa shape index (κ2) is 8.61. The topological polar surface area (TPSA) is 58.2 Å². The summed E-state index contributed by atoms with van der Waals surface area (Å²) in [5.41, 5.74) is 3.68. The van der Waals surface area contributed by atoms with Gasteiger partial charge in [0, 0.05) is 22.6 Å². The molecule has 5 heteroatoms. The third kappa shape index (κ3) is 4.72. The van der Waals surface area contributed by atoms with Crippen molar-refractivity contribution in [2.24, 2.45) is 5.92 Å². The van der Waals surface area contributed by atoms with Gasteiger partial charge in [-0.05, 0) is 41.7 Å². The number of carbonyl (C=O) groups excluding carboxylic acids is 2. The van der Waals surface area contributed by atoms with Crippen molar-refractivity contribution in [2.75, 3.05) is 11.1 Å². The maximum Gasteiger partial charge on any atom is 0.251 e. The van der Waals surface area contributed by atoms with E-state index in [1.165, 1.54) is 5.56 Å². The first-order valence-electron chi connectivity index (χ1n) is 9.44. The van der Waals surface area contributed by atoms with Crippen LogP contribution in [0.25, 0.3) is 0 Å². The SMILES string of the molecule is CCc1ccc(C(NC(=O)c2ccc3c(c2)NC(=O)CCS3)C(C)C)cc1. The van der Waals surface area contributed by atoms with Gasteiger partial charge in [0.15, 0.2) is 0 Å². The number of thioether (sulfide) groups is 1. The van der Waals surface area contributed by atoms with Gasteiger partial charge in [-0.2, -0.15) is 0 Å². The molecule has 142 valence electrons. The van der Waals surface area contributed by atoms with Gasteiger partial charge < -0.3 is 10.6 Å². The lowest BCUT2D eigenvalue weighted by Gasteiger charge is -2.23. The van der Waals surface area contributed by atoms with E-state index in [9.17, 15) is 9.59 Å². The normalized spacial score (nSPS) is 14.9. The van der Waals surface area contributed by atoms with Crippen molar-refractivity contribution in [1.29, 1.82) is 0 Å². The molecule has 2 aromatic rings. The lowest BCUT2D eigenvalue weighted by Crippen LogP contribution is -2.31. The summed E-state index contributed by atoms with van der Waals surface area (Å²) >= 11 is 1.64. The van der Waals surface area contributed by atoms with E-state index in [2.05, 4.69) is 55.7 Å². The Morgan fingerprint density at radius 3 is 2.59 bits per heavy atom. The van der Waals surface area contributed by atoms with Crippen LogP contribution in [-0.4, -0.2) is 17.6 Å². The molecule has 0 radical (unpaired) electrons. The monoisotopic (exact) mass is 382 g/mol. The summed E-state index contributed by atoms with van der Waals surface area (Å²) < 4.78 is 0. The van der Waals surface area contributed by atoms with Crippen LogP contribution in [-0.2, 0) is 11.2 Å². The summed E-state index contributed by atoms with van der Waals surface area (Å²) in [7, 11) is 0. The highest BCUT2D eigenvalue weighted by Crippen LogP contribution is 2.32. The lowest BCUT2D eigenvalue weighted by atomic mass is 9.94. The van der Waals surface area contributed by atoms with Crippen molar-refractivity contribution in [1.82, 2.24) is 5.32 Å². The van der Waals surface area contributed by atoms with Gasteiger partial charge in [0.1, 0.15) is 0 Å². The molecule has 1 heterocycles. The summed E-state index contributed by atoms with van der Waals surface area (Å²) in [5.74, 6) is 0.889. The van der Waals surface area contributed by atoms with Crippen LogP contribution in [0.5, 0.6) is 0 Å². The average molecular weight is 383 g/mol. The third-order valence-corrected chi connectivity index (χ3v) is 5.88. The zero-order valence-electron chi connectivity index (χ0n) is 16.0.